The molecule has 0 aliphatic rings. The summed E-state index contributed by atoms with van der Waals surface area (Å²) in [5, 5.41) is 1.65. The number of halogens is 26. The fourth-order valence-corrected chi connectivity index (χ4v) is 4.08. The van der Waals surface area contributed by atoms with Crippen molar-refractivity contribution in [3.63, 3.8) is 0 Å². The van der Waals surface area contributed by atoms with Gasteiger partial charge in [-0.15, -0.1) is 11.3 Å². The van der Waals surface area contributed by atoms with Gasteiger partial charge in [0.15, 0.2) is 0 Å². The van der Waals surface area contributed by atoms with Gasteiger partial charge in [0.25, 0.3) is 0 Å². The Morgan fingerprint density at radius 1 is 0.412 bits per heavy atom. The third-order valence-corrected chi connectivity index (χ3v) is 7.18. The number of hydrogen-bond donors (Lipinski definition) is 0. The van der Waals surface area contributed by atoms with E-state index in [1.807, 2.05) is 0 Å². The Labute approximate surface area is 268 Å². The molecule has 51 heavy (non-hydrogen) atoms. The Bertz CT molecular complexity index is 1210. The zero-order valence-electron chi connectivity index (χ0n) is 23.4. The molecule has 0 atom stereocenters. The van der Waals surface area contributed by atoms with Crippen LogP contribution in [0.1, 0.15) is 24.8 Å². The Morgan fingerprint density at radius 2 is 0.765 bits per heavy atom. The van der Waals surface area contributed by atoms with E-state index < -0.39 is 122 Å². The Balaban J connectivity index is 2.92. The minimum Gasteiger partial charge on any atom is -0.492 e. The molecule has 0 unspecified atom stereocenters. The van der Waals surface area contributed by atoms with Crippen LogP contribution in [0.15, 0.2) is 10.8 Å². The quantitative estimate of drug-likeness (QED) is 0.108. The average molecular weight is 836 g/mol. The van der Waals surface area contributed by atoms with Crippen LogP contribution in [0.2, 0.25) is 0 Å². The molecule has 1 rings (SSSR count). The van der Waals surface area contributed by atoms with Crippen molar-refractivity contribution in [1.82, 2.24) is 0 Å². The molecule has 0 amide bonds. The van der Waals surface area contributed by atoms with Crippen LogP contribution in [-0.4, -0.2) is 84.8 Å². The number of ether oxygens (including phenoxy) is 2. The van der Waals surface area contributed by atoms with Gasteiger partial charge >= 0.3 is 71.6 Å². The average Bonchev–Trinajstić information content (AvgIpc) is 3.38. The van der Waals surface area contributed by atoms with Crippen LogP contribution in [0.25, 0.3) is 0 Å². The SMILES string of the molecule is FC(F)(F)C(F)(F)C(F)(F)C(F)(F)C(F)(F)C(F)(F)CCCOc1cscc1COCCC(F)(F)C(F)(F)C(F)(F)C(F)(F)C(F)(F)C(F)(F)F. The summed E-state index contributed by atoms with van der Waals surface area (Å²) >= 11 is 0.490. The molecule has 0 N–H and O–H groups in total. The maximum Gasteiger partial charge on any atom is 0.460 e. The molecule has 0 radical (unpaired) electrons. The summed E-state index contributed by atoms with van der Waals surface area (Å²) in [7, 11) is 0. The molecule has 1 heterocycles. The minimum absolute atomic E-state index is 0.490. The summed E-state index contributed by atoms with van der Waals surface area (Å²) in [4.78, 5) is 0. The lowest BCUT2D eigenvalue weighted by molar-refractivity contribution is -0.440. The first kappa shape index (κ1) is 46.7. The van der Waals surface area contributed by atoms with E-state index in [4.69, 9.17) is 0 Å². The summed E-state index contributed by atoms with van der Waals surface area (Å²) in [6.07, 6.45) is -22.3. The summed E-state index contributed by atoms with van der Waals surface area (Å²) < 4.78 is 350. The van der Waals surface area contributed by atoms with E-state index >= 15 is 0 Å². The second kappa shape index (κ2) is 13.8. The van der Waals surface area contributed by atoms with Gasteiger partial charge in [0, 0.05) is 29.2 Å². The molecule has 0 spiro atoms. The predicted octanol–water partition coefficient (Wildman–Crippen LogP) is 11.3. The molecule has 0 saturated heterocycles. The van der Waals surface area contributed by atoms with E-state index in [2.05, 4.69) is 9.47 Å². The van der Waals surface area contributed by atoms with E-state index in [1.54, 1.807) is 0 Å². The van der Waals surface area contributed by atoms with E-state index in [1.165, 1.54) is 0 Å². The van der Waals surface area contributed by atoms with Gasteiger partial charge in [0.1, 0.15) is 5.75 Å². The molecule has 1 aromatic rings. The maximum atomic E-state index is 13.8. The number of alkyl halides is 26. The molecule has 0 bridgehead atoms. The van der Waals surface area contributed by atoms with E-state index in [0.29, 0.717) is 11.3 Å². The highest BCUT2D eigenvalue weighted by molar-refractivity contribution is 7.08. The van der Waals surface area contributed by atoms with Gasteiger partial charge in [-0.05, 0) is 6.42 Å². The maximum absolute atomic E-state index is 13.8. The van der Waals surface area contributed by atoms with Crippen molar-refractivity contribution in [2.45, 2.75) is 97.4 Å². The predicted molar refractivity (Wildman–Crippen MR) is 115 cm³/mol. The second-order valence-corrected chi connectivity index (χ2v) is 10.8. The van der Waals surface area contributed by atoms with Crippen molar-refractivity contribution in [2.75, 3.05) is 13.2 Å². The molecule has 0 fully saturated rings. The van der Waals surface area contributed by atoms with Gasteiger partial charge in [0.05, 0.1) is 19.8 Å². The van der Waals surface area contributed by atoms with Crippen molar-refractivity contribution in [3.05, 3.63) is 16.3 Å². The summed E-state index contributed by atoms with van der Waals surface area (Å²) in [5.41, 5.74) is -0.491. The van der Waals surface area contributed by atoms with Crippen molar-refractivity contribution >= 4 is 11.3 Å². The number of hydrogen-bond acceptors (Lipinski definition) is 3. The fourth-order valence-electron chi connectivity index (χ4n) is 3.32. The first-order valence-corrected chi connectivity index (χ1v) is 13.3. The summed E-state index contributed by atoms with van der Waals surface area (Å²) in [6, 6.07) is 0. The van der Waals surface area contributed by atoms with E-state index in [-0.39, 0.29) is 0 Å². The van der Waals surface area contributed by atoms with Crippen molar-refractivity contribution in [1.29, 1.82) is 0 Å². The topological polar surface area (TPSA) is 18.5 Å². The molecular formula is C22H14F26O2S. The number of rotatable bonds is 18. The van der Waals surface area contributed by atoms with Gasteiger partial charge in [0.2, 0.25) is 0 Å². The van der Waals surface area contributed by atoms with Gasteiger partial charge < -0.3 is 9.47 Å². The van der Waals surface area contributed by atoms with Gasteiger partial charge in [-0.2, -0.15) is 114 Å². The normalized spacial score (nSPS) is 15.8. The lowest BCUT2D eigenvalue weighted by atomic mass is 9.92. The zero-order chi connectivity index (χ0) is 40.9. The smallest absolute Gasteiger partial charge is 0.460 e. The highest BCUT2D eigenvalue weighted by Crippen LogP contribution is 2.62. The molecule has 1 aromatic heterocycles. The monoisotopic (exact) mass is 836 g/mol. The standard InChI is InChI=1S/C22H14F26O2S/c23-11(24,13(27,28)15(31,32)17(35,36)19(39,40)21(43,44)45)2-1-4-50-10-8-51-7-9(10)6-49-5-3-12(25,26)14(29,30)16(33,34)18(37,38)20(41,42)22(46,47)48/h7-8H,1-6H2. The van der Waals surface area contributed by atoms with Crippen LogP contribution in [-0.2, 0) is 11.3 Å². The van der Waals surface area contributed by atoms with Crippen LogP contribution in [0.5, 0.6) is 5.75 Å². The van der Waals surface area contributed by atoms with Crippen LogP contribution in [0, 0.1) is 0 Å². The lowest BCUT2D eigenvalue weighted by Crippen LogP contribution is -2.70. The third-order valence-electron chi connectivity index (χ3n) is 6.41. The minimum atomic E-state index is -8.15. The van der Waals surface area contributed by atoms with Gasteiger partial charge in [-0.25, -0.2) is 0 Å². The largest absolute Gasteiger partial charge is 0.492 e. The van der Waals surface area contributed by atoms with Crippen molar-refractivity contribution in [2.24, 2.45) is 0 Å². The lowest BCUT2D eigenvalue weighted by Gasteiger charge is -2.39. The van der Waals surface area contributed by atoms with E-state index in [9.17, 15) is 114 Å². The first-order chi connectivity index (χ1) is 22.2. The van der Waals surface area contributed by atoms with Crippen LogP contribution >= 0.6 is 11.3 Å². The molecule has 0 aliphatic heterocycles. The molecule has 29 heteroatoms. The Hall–Kier alpha value is -2.36. The van der Waals surface area contributed by atoms with Crippen molar-refractivity contribution in [3.8, 4) is 5.75 Å². The van der Waals surface area contributed by atoms with E-state index in [0.717, 1.165) is 10.8 Å². The van der Waals surface area contributed by atoms with Gasteiger partial charge in [-0.1, -0.05) is 0 Å². The molecular weight excluding hydrogens is 822 g/mol. The molecule has 2 nitrogen and oxygen atoms in total. The first-order valence-electron chi connectivity index (χ1n) is 12.3. The zero-order valence-corrected chi connectivity index (χ0v) is 24.3. The van der Waals surface area contributed by atoms with Crippen LogP contribution < -0.4 is 4.74 Å². The Kier molecular flexibility index (Phi) is 12.6. The summed E-state index contributed by atoms with van der Waals surface area (Å²) in [6.45, 7) is -4.46. The highest BCUT2D eigenvalue weighted by atomic mass is 32.1. The molecule has 0 saturated carbocycles. The molecule has 0 aliphatic carbocycles. The summed E-state index contributed by atoms with van der Waals surface area (Å²) in [5.74, 6) is -77.1. The van der Waals surface area contributed by atoms with Gasteiger partial charge in [-0.3, -0.25) is 0 Å². The highest BCUT2D eigenvalue weighted by Gasteiger charge is 2.92. The molecule has 302 valence electrons. The van der Waals surface area contributed by atoms with Crippen LogP contribution in [0.4, 0.5) is 114 Å². The third kappa shape index (κ3) is 7.68. The van der Waals surface area contributed by atoms with Crippen molar-refractivity contribution < 1.29 is 124 Å². The molecule has 0 aromatic carbocycles. The number of thiophene rings is 1. The second-order valence-electron chi connectivity index (χ2n) is 10.0. The fraction of sp³-hybridized carbons (Fsp3) is 0.818. The Morgan fingerprint density at radius 3 is 1.14 bits per heavy atom. The van der Waals surface area contributed by atoms with Crippen LogP contribution in [0.3, 0.4) is 0 Å².